The number of aliphatic carboxylic acids is 1. The molecular weight excluding hydrogens is 270 g/mol. The van der Waals surface area contributed by atoms with Gasteiger partial charge in [0, 0.05) is 18.2 Å². The van der Waals surface area contributed by atoms with Gasteiger partial charge in [-0.25, -0.2) is 0 Å². The summed E-state index contributed by atoms with van der Waals surface area (Å²) in [6.07, 6.45) is 1.85. The third-order valence-electron chi connectivity index (χ3n) is 2.94. The second-order valence-electron chi connectivity index (χ2n) is 4.53. The van der Waals surface area contributed by atoms with Crippen molar-refractivity contribution in [2.45, 2.75) is 12.8 Å². The predicted molar refractivity (Wildman–Crippen MR) is 79.4 cm³/mol. The molecular formula is C16H15NO4. The number of phenols is 2. The number of hydrogen-bond donors (Lipinski definition) is 3. The van der Waals surface area contributed by atoms with Crippen molar-refractivity contribution in [3.63, 3.8) is 0 Å². The highest BCUT2D eigenvalue weighted by Gasteiger charge is 2.04. The molecule has 2 aromatic rings. The number of aromatic hydroxyl groups is 2. The van der Waals surface area contributed by atoms with E-state index in [1.54, 1.807) is 30.3 Å². The van der Waals surface area contributed by atoms with Gasteiger partial charge < -0.3 is 15.3 Å². The Labute approximate surface area is 121 Å². The molecule has 0 spiro atoms. The number of rotatable bonds is 5. The Kier molecular flexibility index (Phi) is 4.56. The van der Waals surface area contributed by atoms with Crippen LogP contribution in [0.25, 0.3) is 0 Å². The average Bonchev–Trinajstić information content (AvgIpc) is 2.46. The Hall–Kier alpha value is -2.82. The standard InChI is InChI=1S/C16H15NO4/c18-14-7-5-11(6-8-16(20)21)9-12(14)10-17-13-3-1-2-4-15(13)19/h1-5,7,9-10,18-19H,6,8H2,(H,20,21). The molecule has 0 aromatic heterocycles. The van der Waals surface area contributed by atoms with Crippen LogP contribution in [-0.2, 0) is 11.2 Å². The van der Waals surface area contributed by atoms with Crippen LogP contribution in [-0.4, -0.2) is 27.5 Å². The summed E-state index contributed by atoms with van der Waals surface area (Å²) in [6.45, 7) is 0. The summed E-state index contributed by atoms with van der Waals surface area (Å²) in [5.74, 6) is -0.768. The number of carboxylic acids is 1. The first-order valence-electron chi connectivity index (χ1n) is 6.42. The minimum atomic E-state index is -0.868. The highest BCUT2D eigenvalue weighted by Crippen LogP contribution is 2.25. The zero-order valence-corrected chi connectivity index (χ0v) is 11.2. The first-order chi connectivity index (χ1) is 10.1. The molecule has 2 rings (SSSR count). The van der Waals surface area contributed by atoms with E-state index in [1.807, 2.05) is 0 Å². The van der Waals surface area contributed by atoms with Gasteiger partial charge in [0.2, 0.25) is 0 Å². The zero-order chi connectivity index (χ0) is 15.2. The van der Waals surface area contributed by atoms with E-state index in [4.69, 9.17) is 5.11 Å². The minimum absolute atomic E-state index is 0.0286. The number of para-hydroxylation sites is 2. The van der Waals surface area contributed by atoms with Crippen molar-refractivity contribution in [3.05, 3.63) is 53.6 Å². The molecule has 0 aliphatic rings. The SMILES string of the molecule is O=C(O)CCc1ccc(O)c(C=Nc2ccccc2O)c1. The molecule has 0 fully saturated rings. The van der Waals surface area contributed by atoms with Gasteiger partial charge in [0.05, 0.1) is 0 Å². The van der Waals surface area contributed by atoms with E-state index in [0.29, 0.717) is 17.7 Å². The maximum atomic E-state index is 10.6. The number of aliphatic imine (C=N–C) groups is 1. The molecule has 0 aliphatic carbocycles. The van der Waals surface area contributed by atoms with Crippen molar-refractivity contribution in [2.24, 2.45) is 4.99 Å². The first-order valence-corrected chi connectivity index (χ1v) is 6.42. The van der Waals surface area contributed by atoms with E-state index in [2.05, 4.69) is 4.99 Å². The summed E-state index contributed by atoms with van der Waals surface area (Å²) in [5.41, 5.74) is 1.67. The lowest BCUT2D eigenvalue weighted by Gasteiger charge is -2.04. The molecule has 108 valence electrons. The van der Waals surface area contributed by atoms with Gasteiger partial charge in [0.15, 0.2) is 0 Å². The molecule has 5 heteroatoms. The zero-order valence-electron chi connectivity index (χ0n) is 11.2. The van der Waals surface area contributed by atoms with Crippen LogP contribution in [0.4, 0.5) is 5.69 Å². The first kappa shape index (κ1) is 14.6. The summed E-state index contributed by atoms with van der Waals surface area (Å²) in [5, 5.41) is 28.1. The summed E-state index contributed by atoms with van der Waals surface area (Å²) < 4.78 is 0. The second kappa shape index (κ2) is 6.56. The molecule has 0 radical (unpaired) electrons. The van der Waals surface area contributed by atoms with Gasteiger partial charge in [0.1, 0.15) is 17.2 Å². The normalized spacial score (nSPS) is 10.9. The predicted octanol–water partition coefficient (Wildman–Crippen LogP) is 2.87. The molecule has 0 atom stereocenters. The van der Waals surface area contributed by atoms with Crippen molar-refractivity contribution < 1.29 is 20.1 Å². The summed E-state index contributed by atoms with van der Waals surface area (Å²) in [6, 6.07) is 11.5. The lowest BCUT2D eigenvalue weighted by Crippen LogP contribution is -1.98. The third kappa shape index (κ3) is 4.07. The smallest absolute Gasteiger partial charge is 0.303 e. The lowest BCUT2D eigenvalue weighted by molar-refractivity contribution is -0.136. The van der Waals surface area contributed by atoms with Crippen LogP contribution >= 0.6 is 0 Å². The van der Waals surface area contributed by atoms with Crippen LogP contribution in [0.2, 0.25) is 0 Å². The Balaban J connectivity index is 2.21. The van der Waals surface area contributed by atoms with Crippen LogP contribution < -0.4 is 0 Å². The van der Waals surface area contributed by atoms with Crippen LogP contribution in [0, 0.1) is 0 Å². The Morgan fingerprint density at radius 1 is 1.10 bits per heavy atom. The number of aryl methyl sites for hydroxylation is 1. The summed E-state index contributed by atoms with van der Waals surface area (Å²) in [7, 11) is 0. The van der Waals surface area contributed by atoms with Gasteiger partial charge in [-0.1, -0.05) is 18.2 Å². The van der Waals surface area contributed by atoms with Gasteiger partial charge in [-0.05, 0) is 36.2 Å². The van der Waals surface area contributed by atoms with Gasteiger partial charge in [-0.2, -0.15) is 0 Å². The van der Waals surface area contributed by atoms with E-state index < -0.39 is 5.97 Å². The molecule has 3 N–H and O–H groups in total. The number of carbonyl (C=O) groups is 1. The molecule has 5 nitrogen and oxygen atoms in total. The number of carboxylic acid groups (broad SMARTS) is 1. The van der Waals surface area contributed by atoms with Crippen LogP contribution in [0.15, 0.2) is 47.5 Å². The highest BCUT2D eigenvalue weighted by molar-refractivity contribution is 5.86. The fourth-order valence-electron chi connectivity index (χ4n) is 1.83. The van der Waals surface area contributed by atoms with Crippen molar-refractivity contribution in [3.8, 4) is 11.5 Å². The molecule has 0 heterocycles. The molecule has 2 aromatic carbocycles. The number of benzene rings is 2. The topological polar surface area (TPSA) is 90.1 Å². The second-order valence-corrected chi connectivity index (χ2v) is 4.53. The Bertz CT molecular complexity index is 680. The van der Waals surface area contributed by atoms with Crippen LogP contribution in [0.3, 0.4) is 0 Å². The number of nitrogens with zero attached hydrogens (tertiary/aromatic N) is 1. The largest absolute Gasteiger partial charge is 0.507 e. The van der Waals surface area contributed by atoms with Crippen LogP contribution in [0.1, 0.15) is 17.5 Å². The van der Waals surface area contributed by atoms with Gasteiger partial charge >= 0.3 is 5.97 Å². The molecule has 0 aliphatic heterocycles. The Morgan fingerprint density at radius 3 is 2.57 bits per heavy atom. The van der Waals surface area contributed by atoms with E-state index in [1.165, 1.54) is 18.3 Å². The third-order valence-corrected chi connectivity index (χ3v) is 2.94. The molecule has 0 unspecified atom stereocenters. The van der Waals surface area contributed by atoms with Crippen molar-refractivity contribution in [1.29, 1.82) is 0 Å². The van der Waals surface area contributed by atoms with Gasteiger partial charge in [-0.15, -0.1) is 0 Å². The van der Waals surface area contributed by atoms with E-state index >= 15 is 0 Å². The summed E-state index contributed by atoms with van der Waals surface area (Å²) in [4.78, 5) is 14.7. The monoisotopic (exact) mass is 285 g/mol. The Morgan fingerprint density at radius 2 is 1.86 bits per heavy atom. The van der Waals surface area contributed by atoms with Crippen molar-refractivity contribution >= 4 is 17.9 Å². The fourth-order valence-corrected chi connectivity index (χ4v) is 1.83. The molecule has 0 bridgehead atoms. The highest BCUT2D eigenvalue weighted by atomic mass is 16.4. The molecule has 0 saturated carbocycles. The number of hydrogen-bond acceptors (Lipinski definition) is 4. The van der Waals surface area contributed by atoms with Crippen molar-refractivity contribution in [2.75, 3.05) is 0 Å². The van der Waals surface area contributed by atoms with Gasteiger partial charge in [0.25, 0.3) is 0 Å². The molecule has 21 heavy (non-hydrogen) atoms. The summed E-state index contributed by atoms with van der Waals surface area (Å²) >= 11 is 0. The maximum Gasteiger partial charge on any atom is 0.303 e. The fraction of sp³-hybridized carbons (Fsp3) is 0.125. The van der Waals surface area contributed by atoms with E-state index in [9.17, 15) is 15.0 Å². The van der Waals surface area contributed by atoms with Crippen molar-refractivity contribution in [1.82, 2.24) is 0 Å². The molecule has 0 amide bonds. The van der Waals surface area contributed by atoms with Crippen LogP contribution in [0.5, 0.6) is 11.5 Å². The minimum Gasteiger partial charge on any atom is -0.507 e. The van der Waals surface area contributed by atoms with E-state index in [0.717, 1.165) is 5.56 Å². The number of phenolic OH excluding ortho intramolecular Hbond substituents is 2. The maximum absolute atomic E-state index is 10.6. The molecule has 0 saturated heterocycles. The van der Waals surface area contributed by atoms with E-state index in [-0.39, 0.29) is 17.9 Å². The average molecular weight is 285 g/mol. The van der Waals surface area contributed by atoms with Gasteiger partial charge in [-0.3, -0.25) is 9.79 Å². The lowest BCUT2D eigenvalue weighted by atomic mass is 10.1. The quantitative estimate of drug-likeness (QED) is 0.737.